The van der Waals surface area contributed by atoms with Gasteiger partial charge in [0.05, 0.1) is 24.5 Å². The molecule has 8 heteroatoms. The first-order valence-corrected chi connectivity index (χ1v) is 7.27. The van der Waals surface area contributed by atoms with E-state index < -0.39 is 23.7 Å². The number of carbonyl (C=O) groups is 1. The van der Waals surface area contributed by atoms with Crippen molar-refractivity contribution in [3.8, 4) is 0 Å². The summed E-state index contributed by atoms with van der Waals surface area (Å²) in [5, 5.41) is 2.33. The normalized spacial score (nSPS) is 18.0. The second-order valence-corrected chi connectivity index (χ2v) is 5.61. The van der Waals surface area contributed by atoms with Gasteiger partial charge in [-0.25, -0.2) is 0 Å². The third kappa shape index (κ3) is 4.12. The summed E-state index contributed by atoms with van der Waals surface area (Å²) in [6.45, 7) is 4.09. The van der Waals surface area contributed by atoms with Crippen LogP contribution in [0.2, 0.25) is 5.02 Å². The maximum absolute atomic E-state index is 13.0. The molecule has 2 N–H and O–H groups in total. The van der Waals surface area contributed by atoms with Crippen LogP contribution in [0, 0.1) is 0 Å². The number of benzene rings is 1. The molecule has 0 radical (unpaired) electrons. The summed E-state index contributed by atoms with van der Waals surface area (Å²) in [5.74, 6) is -0.454. The van der Waals surface area contributed by atoms with Crippen LogP contribution in [0.25, 0.3) is 0 Å². The highest BCUT2D eigenvalue weighted by atomic mass is 35.5. The maximum atomic E-state index is 13.0. The number of hydrogen-bond acceptors (Lipinski definition) is 2. The molecule has 1 saturated heterocycles. The lowest BCUT2D eigenvalue weighted by Gasteiger charge is -2.28. The minimum atomic E-state index is -4.58. The van der Waals surface area contributed by atoms with Crippen molar-refractivity contribution in [1.82, 2.24) is 0 Å². The lowest BCUT2D eigenvalue weighted by Crippen LogP contribution is -3.18. The zero-order valence-electron chi connectivity index (χ0n) is 12.0. The number of amides is 1. The number of hydrogen-bond donors (Lipinski definition) is 2. The van der Waals surface area contributed by atoms with E-state index in [9.17, 15) is 18.0 Å². The van der Waals surface area contributed by atoms with Crippen LogP contribution in [-0.4, -0.2) is 38.3 Å². The number of alkyl halides is 3. The molecule has 1 heterocycles. The molecule has 1 atom stereocenters. The van der Waals surface area contributed by atoms with E-state index in [4.69, 9.17) is 16.3 Å². The molecular weight excluding hydrogens is 321 g/mol. The van der Waals surface area contributed by atoms with Crippen molar-refractivity contribution in [2.45, 2.75) is 19.1 Å². The van der Waals surface area contributed by atoms with Gasteiger partial charge in [-0.3, -0.25) is 4.79 Å². The van der Waals surface area contributed by atoms with Crippen LogP contribution in [0.5, 0.6) is 0 Å². The predicted octanol–water partition coefficient (Wildman–Crippen LogP) is 1.60. The predicted molar refractivity (Wildman–Crippen MR) is 76.1 cm³/mol. The molecule has 1 aromatic rings. The van der Waals surface area contributed by atoms with E-state index >= 15 is 0 Å². The van der Waals surface area contributed by atoms with Gasteiger partial charge >= 0.3 is 6.18 Å². The monoisotopic (exact) mass is 337 g/mol. The van der Waals surface area contributed by atoms with Gasteiger partial charge in [0.2, 0.25) is 0 Å². The minimum absolute atomic E-state index is 0.0304. The van der Waals surface area contributed by atoms with E-state index in [1.165, 1.54) is 12.1 Å². The topological polar surface area (TPSA) is 42.8 Å². The van der Waals surface area contributed by atoms with E-state index in [1.807, 2.05) is 0 Å². The first kappa shape index (κ1) is 17.1. The SMILES string of the molecule is C[C@@H](C(=O)Nc1ccc(Cl)cc1C(F)(F)F)[NH+]1CCOCC1. The fraction of sp³-hybridized carbons (Fsp3) is 0.500. The molecule has 22 heavy (non-hydrogen) atoms. The summed E-state index contributed by atoms with van der Waals surface area (Å²) in [6.07, 6.45) is -4.58. The molecule has 4 nitrogen and oxygen atoms in total. The van der Waals surface area contributed by atoms with Crippen LogP contribution in [0.1, 0.15) is 12.5 Å². The molecule has 0 bridgehead atoms. The lowest BCUT2D eigenvalue weighted by atomic mass is 10.1. The maximum Gasteiger partial charge on any atom is 0.418 e. The summed E-state index contributed by atoms with van der Waals surface area (Å²) in [4.78, 5) is 13.2. The molecule has 1 aliphatic rings. The van der Waals surface area contributed by atoms with Gasteiger partial charge in [-0.2, -0.15) is 13.2 Å². The molecule has 1 aromatic carbocycles. The van der Waals surface area contributed by atoms with E-state index in [0.717, 1.165) is 11.0 Å². The fourth-order valence-corrected chi connectivity index (χ4v) is 2.53. The zero-order valence-corrected chi connectivity index (χ0v) is 12.7. The number of carbonyl (C=O) groups excluding carboxylic acids is 1. The van der Waals surface area contributed by atoms with Crippen LogP contribution in [-0.2, 0) is 15.7 Å². The Bertz CT molecular complexity index is 545. The Kier molecular flexibility index (Phi) is 5.31. The van der Waals surface area contributed by atoms with Crippen molar-refractivity contribution in [2.75, 3.05) is 31.6 Å². The van der Waals surface area contributed by atoms with Gasteiger partial charge in [-0.1, -0.05) is 11.6 Å². The molecule has 2 rings (SSSR count). The van der Waals surface area contributed by atoms with Gasteiger partial charge in [0.1, 0.15) is 13.1 Å². The van der Waals surface area contributed by atoms with Gasteiger partial charge in [0.25, 0.3) is 5.91 Å². The van der Waals surface area contributed by atoms with Gasteiger partial charge < -0.3 is 15.0 Å². The zero-order chi connectivity index (χ0) is 16.3. The molecule has 0 spiro atoms. The fourth-order valence-electron chi connectivity index (χ4n) is 2.35. The summed E-state index contributed by atoms with van der Waals surface area (Å²) in [5.41, 5.74) is -1.22. The van der Waals surface area contributed by atoms with E-state index in [1.54, 1.807) is 6.92 Å². The summed E-state index contributed by atoms with van der Waals surface area (Å²) in [7, 11) is 0. The largest absolute Gasteiger partial charge is 0.418 e. The second kappa shape index (κ2) is 6.85. The standard InChI is InChI=1S/C14H16ClF3N2O2/c1-9(20-4-6-22-7-5-20)13(21)19-12-3-2-10(15)8-11(12)14(16,17)18/h2-3,8-9H,4-7H2,1H3,(H,19,21)/p+1/t9-/m0/s1. The molecule has 1 amide bonds. The van der Waals surface area contributed by atoms with Gasteiger partial charge in [-0.15, -0.1) is 0 Å². The van der Waals surface area contributed by atoms with E-state index in [-0.39, 0.29) is 10.7 Å². The van der Waals surface area contributed by atoms with Crippen LogP contribution in [0.15, 0.2) is 18.2 Å². The average molecular weight is 338 g/mol. The Hall–Kier alpha value is -1.31. The van der Waals surface area contributed by atoms with Crippen LogP contribution >= 0.6 is 11.6 Å². The van der Waals surface area contributed by atoms with Gasteiger partial charge in [-0.05, 0) is 25.1 Å². The van der Waals surface area contributed by atoms with E-state index in [0.29, 0.717) is 26.3 Å². The van der Waals surface area contributed by atoms with Crippen molar-refractivity contribution >= 4 is 23.2 Å². The van der Waals surface area contributed by atoms with Crippen LogP contribution in [0.4, 0.5) is 18.9 Å². The third-order valence-corrected chi connectivity index (χ3v) is 3.92. The average Bonchev–Trinajstić information content (AvgIpc) is 2.48. The number of quaternary nitrogens is 1. The van der Waals surface area contributed by atoms with Crippen molar-refractivity contribution in [2.24, 2.45) is 0 Å². The molecule has 1 aliphatic heterocycles. The number of ether oxygens (including phenoxy) is 1. The molecule has 0 saturated carbocycles. The third-order valence-electron chi connectivity index (χ3n) is 3.69. The van der Waals surface area contributed by atoms with E-state index in [2.05, 4.69) is 5.32 Å². The first-order valence-electron chi connectivity index (χ1n) is 6.89. The molecule has 0 unspecified atom stereocenters. The lowest BCUT2D eigenvalue weighted by molar-refractivity contribution is -0.921. The second-order valence-electron chi connectivity index (χ2n) is 5.17. The number of rotatable bonds is 3. The highest BCUT2D eigenvalue weighted by molar-refractivity contribution is 6.30. The Balaban J connectivity index is 2.14. The number of anilines is 1. The molecule has 0 aromatic heterocycles. The molecular formula is C14H17ClF3N2O2+. The van der Waals surface area contributed by atoms with Gasteiger partial charge in [0.15, 0.2) is 6.04 Å². The van der Waals surface area contributed by atoms with Crippen LogP contribution < -0.4 is 10.2 Å². The number of morpholine rings is 1. The van der Waals surface area contributed by atoms with Crippen molar-refractivity contribution in [3.63, 3.8) is 0 Å². The molecule has 1 fully saturated rings. The Morgan fingerprint density at radius 2 is 2.00 bits per heavy atom. The smallest absolute Gasteiger partial charge is 0.370 e. The van der Waals surface area contributed by atoms with Crippen LogP contribution in [0.3, 0.4) is 0 Å². The highest BCUT2D eigenvalue weighted by Crippen LogP contribution is 2.36. The van der Waals surface area contributed by atoms with Crippen molar-refractivity contribution < 1.29 is 27.6 Å². The number of halogens is 4. The summed E-state index contributed by atoms with van der Waals surface area (Å²) < 4.78 is 44.2. The summed E-state index contributed by atoms with van der Waals surface area (Å²) in [6, 6.07) is 2.84. The first-order chi connectivity index (χ1) is 10.3. The Morgan fingerprint density at radius 1 is 1.36 bits per heavy atom. The summed E-state index contributed by atoms with van der Waals surface area (Å²) >= 11 is 5.61. The van der Waals surface area contributed by atoms with Crippen molar-refractivity contribution in [1.29, 1.82) is 0 Å². The Labute approximate surface area is 131 Å². The Morgan fingerprint density at radius 3 is 2.59 bits per heavy atom. The van der Waals surface area contributed by atoms with Gasteiger partial charge in [0, 0.05) is 5.02 Å². The number of nitrogens with one attached hydrogen (secondary N) is 2. The quantitative estimate of drug-likeness (QED) is 0.880. The minimum Gasteiger partial charge on any atom is -0.370 e. The molecule has 0 aliphatic carbocycles. The highest BCUT2D eigenvalue weighted by Gasteiger charge is 2.35. The molecule has 122 valence electrons. The van der Waals surface area contributed by atoms with Crippen molar-refractivity contribution in [3.05, 3.63) is 28.8 Å².